The van der Waals surface area contributed by atoms with E-state index in [-0.39, 0.29) is 0 Å². The second kappa shape index (κ2) is 13.1. The van der Waals surface area contributed by atoms with E-state index in [0.717, 1.165) is 19.3 Å². The Morgan fingerprint density at radius 1 is 1.00 bits per heavy atom. The molecular weight excluding hydrogens is 192 g/mol. The van der Waals surface area contributed by atoms with E-state index in [2.05, 4.69) is 36.3 Å². The van der Waals surface area contributed by atoms with Gasteiger partial charge in [0.15, 0.2) is 0 Å². The molecule has 0 aliphatic heterocycles. The molecule has 0 nitrogen and oxygen atoms in total. The molecule has 0 N–H and O–H groups in total. The van der Waals surface area contributed by atoms with Gasteiger partial charge in [-0.2, -0.15) is 0 Å². The van der Waals surface area contributed by atoms with E-state index in [4.69, 9.17) is 0 Å². The van der Waals surface area contributed by atoms with Crippen LogP contribution >= 0.6 is 0 Å². The molecule has 0 atom stereocenters. The van der Waals surface area contributed by atoms with Crippen LogP contribution in [0.3, 0.4) is 0 Å². The van der Waals surface area contributed by atoms with Crippen molar-refractivity contribution in [2.24, 2.45) is 0 Å². The second-order valence-electron chi connectivity index (χ2n) is 3.05. The average molecular weight is 210 g/mol. The van der Waals surface area contributed by atoms with Gasteiger partial charge >= 0.3 is 0 Å². The average Bonchev–Trinajstić information content (AvgIpc) is 2.31. The predicted octanol–water partition coefficient (Wildman–Crippen LogP) is 4.04. The van der Waals surface area contributed by atoms with Crippen LogP contribution in [0.5, 0.6) is 0 Å². The van der Waals surface area contributed by atoms with Gasteiger partial charge in [0.25, 0.3) is 0 Å². The summed E-state index contributed by atoms with van der Waals surface area (Å²) in [7, 11) is 0. The maximum Gasteiger partial charge on any atom is -0.0102 e. The predicted molar refractivity (Wildman–Crippen MR) is 72.7 cm³/mol. The third-order valence-electron chi connectivity index (χ3n) is 1.66. The Hall–Kier alpha value is -1.92. The standard InChI is InChI=1S/C16H18/c1-3-5-7-9-11-13-15-16-14-12-10-8-6-4-2/h3-4,6,11,13,15-16H,1,5,7,9H2,2H3/b6-4+,13-11+,16-15+. The molecule has 0 unspecified atom stereocenters. The fourth-order valence-corrected chi connectivity index (χ4v) is 0.897. The number of rotatable bonds is 5. The highest BCUT2D eigenvalue weighted by molar-refractivity contribution is 5.34. The van der Waals surface area contributed by atoms with Crippen LogP contribution in [0.15, 0.2) is 49.1 Å². The first-order valence-electron chi connectivity index (χ1n) is 5.46. The number of unbranched alkanes of at least 4 members (excludes halogenated alkanes) is 2. The van der Waals surface area contributed by atoms with Crippen molar-refractivity contribution in [2.75, 3.05) is 0 Å². The summed E-state index contributed by atoms with van der Waals surface area (Å²) in [4.78, 5) is 0. The van der Waals surface area contributed by atoms with E-state index in [9.17, 15) is 0 Å². The summed E-state index contributed by atoms with van der Waals surface area (Å²) in [6.07, 6.45) is 16.8. The monoisotopic (exact) mass is 210 g/mol. The zero-order valence-electron chi connectivity index (χ0n) is 9.87. The third-order valence-corrected chi connectivity index (χ3v) is 1.66. The molecule has 0 aromatic carbocycles. The summed E-state index contributed by atoms with van der Waals surface area (Å²) >= 11 is 0. The molecule has 0 bridgehead atoms. The van der Waals surface area contributed by atoms with Gasteiger partial charge in [-0.15, -0.1) is 6.58 Å². The molecule has 0 saturated heterocycles. The van der Waals surface area contributed by atoms with Crippen LogP contribution in [0, 0.1) is 23.7 Å². The fraction of sp³-hybridized carbons (Fsp3) is 0.250. The van der Waals surface area contributed by atoms with Crippen molar-refractivity contribution in [3.63, 3.8) is 0 Å². The molecule has 0 heterocycles. The summed E-state index contributed by atoms with van der Waals surface area (Å²) in [5.74, 6) is 11.1. The molecule has 16 heavy (non-hydrogen) atoms. The Morgan fingerprint density at radius 2 is 1.75 bits per heavy atom. The van der Waals surface area contributed by atoms with Crippen LogP contribution in [-0.2, 0) is 0 Å². The molecule has 0 saturated carbocycles. The summed E-state index contributed by atoms with van der Waals surface area (Å²) in [5.41, 5.74) is 0. The molecule has 0 amide bonds. The van der Waals surface area contributed by atoms with Crippen LogP contribution in [0.1, 0.15) is 26.2 Å². The molecule has 0 spiro atoms. The van der Waals surface area contributed by atoms with Crippen molar-refractivity contribution in [1.29, 1.82) is 0 Å². The smallest absolute Gasteiger partial charge is 0.0102 e. The Bertz CT molecular complexity index is 370. The molecule has 0 rings (SSSR count). The minimum absolute atomic E-state index is 1.08. The lowest BCUT2D eigenvalue weighted by Crippen LogP contribution is -1.66. The maximum absolute atomic E-state index is 3.68. The van der Waals surface area contributed by atoms with E-state index in [1.54, 1.807) is 12.2 Å². The van der Waals surface area contributed by atoms with E-state index >= 15 is 0 Å². The summed E-state index contributed by atoms with van der Waals surface area (Å²) < 4.78 is 0. The van der Waals surface area contributed by atoms with Crippen LogP contribution in [0.4, 0.5) is 0 Å². The summed E-state index contributed by atoms with van der Waals surface area (Å²) in [5, 5.41) is 0. The normalized spacial score (nSPS) is 10.1. The van der Waals surface area contributed by atoms with Gasteiger partial charge in [0, 0.05) is 0 Å². The van der Waals surface area contributed by atoms with Gasteiger partial charge in [-0.3, -0.25) is 0 Å². The van der Waals surface area contributed by atoms with Crippen LogP contribution in [0.2, 0.25) is 0 Å². The zero-order valence-corrected chi connectivity index (χ0v) is 9.87. The number of hydrogen-bond acceptors (Lipinski definition) is 0. The van der Waals surface area contributed by atoms with Gasteiger partial charge < -0.3 is 0 Å². The van der Waals surface area contributed by atoms with Gasteiger partial charge in [-0.05, 0) is 50.2 Å². The highest BCUT2D eigenvalue weighted by Gasteiger charge is 1.76. The van der Waals surface area contributed by atoms with Crippen molar-refractivity contribution in [3.8, 4) is 23.7 Å². The molecule has 0 heteroatoms. The second-order valence-corrected chi connectivity index (χ2v) is 3.05. The third kappa shape index (κ3) is 12.1. The molecular formula is C16H18. The SMILES string of the molecule is C=CCCC/C=C/C=C/C#CC#C/C=C/C. The molecule has 0 aromatic rings. The Morgan fingerprint density at radius 3 is 2.44 bits per heavy atom. The molecule has 0 radical (unpaired) electrons. The Kier molecular flexibility index (Phi) is 11.5. The van der Waals surface area contributed by atoms with Crippen LogP contribution < -0.4 is 0 Å². The molecule has 0 aliphatic carbocycles. The van der Waals surface area contributed by atoms with Crippen molar-refractivity contribution >= 4 is 0 Å². The number of hydrogen-bond donors (Lipinski definition) is 0. The summed E-state index contributed by atoms with van der Waals surface area (Å²) in [6, 6.07) is 0. The lowest BCUT2D eigenvalue weighted by molar-refractivity contribution is 0.870. The highest BCUT2D eigenvalue weighted by Crippen LogP contribution is 1.96. The minimum Gasteiger partial charge on any atom is -0.103 e. The Labute approximate surface area is 99.5 Å². The van der Waals surface area contributed by atoms with Gasteiger partial charge in [0.05, 0.1) is 0 Å². The largest absolute Gasteiger partial charge is 0.103 e. The molecule has 0 aromatic heterocycles. The van der Waals surface area contributed by atoms with Gasteiger partial charge in [-0.25, -0.2) is 0 Å². The Balaban J connectivity index is 3.69. The first kappa shape index (κ1) is 14.1. The van der Waals surface area contributed by atoms with E-state index in [1.165, 1.54) is 0 Å². The molecule has 0 fully saturated rings. The summed E-state index contributed by atoms with van der Waals surface area (Å²) in [6.45, 7) is 5.61. The van der Waals surface area contributed by atoms with Crippen molar-refractivity contribution < 1.29 is 0 Å². The van der Waals surface area contributed by atoms with Crippen molar-refractivity contribution in [2.45, 2.75) is 26.2 Å². The quantitative estimate of drug-likeness (QED) is 0.278. The maximum atomic E-state index is 3.68. The van der Waals surface area contributed by atoms with Crippen molar-refractivity contribution in [3.05, 3.63) is 49.1 Å². The minimum atomic E-state index is 1.08. The highest BCUT2D eigenvalue weighted by atomic mass is 13.8. The fourth-order valence-electron chi connectivity index (χ4n) is 0.897. The van der Waals surface area contributed by atoms with Crippen LogP contribution in [0.25, 0.3) is 0 Å². The lowest BCUT2D eigenvalue weighted by atomic mass is 10.2. The molecule has 82 valence electrons. The van der Waals surface area contributed by atoms with E-state index < -0.39 is 0 Å². The topological polar surface area (TPSA) is 0 Å². The van der Waals surface area contributed by atoms with Crippen molar-refractivity contribution in [1.82, 2.24) is 0 Å². The van der Waals surface area contributed by atoms with Gasteiger partial charge in [-0.1, -0.05) is 42.2 Å². The molecule has 0 aliphatic rings. The first-order valence-corrected chi connectivity index (χ1v) is 5.46. The van der Waals surface area contributed by atoms with E-state index in [1.807, 2.05) is 31.2 Å². The van der Waals surface area contributed by atoms with Gasteiger partial charge in [0.2, 0.25) is 0 Å². The van der Waals surface area contributed by atoms with Crippen LogP contribution in [-0.4, -0.2) is 0 Å². The van der Waals surface area contributed by atoms with Gasteiger partial charge in [0.1, 0.15) is 0 Å². The first-order chi connectivity index (χ1) is 7.91. The van der Waals surface area contributed by atoms with E-state index in [0.29, 0.717) is 0 Å². The number of allylic oxidation sites excluding steroid dienone is 7. The zero-order chi connectivity index (χ0) is 11.9. The lowest BCUT2D eigenvalue weighted by Gasteiger charge is -1.86.